The number of hydrazone groups is 1. The monoisotopic (exact) mass is 326 g/mol. The molecule has 2 N–H and O–H groups in total. The van der Waals surface area contributed by atoms with Gasteiger partial charge in [0.15, 0.2) is 0 Å². The third-order valence-corrected chi connectivity index (χ3v) is 4.28. The first-order chi connectivity index (χ1) is 11.7. The van der Waals surface area contributed by atoms with E-state index in [0.29, 0.717) is 12.0 Å². The minimum absolute atomic E-state index is 0.131. The number of nitrogens with one attached hydrogen (secondary N) is 2. The van der Waals surface area contributed by atoms with Gasteiger partial charge in [-0.3, -0.25) is 9.59 Å². The Balaban J connectivity index is 1.54. The molecule has 3 rings (SSSR count). The van der Waals surface area contributed by atoms with Crippen LogP contribution in [0.5, 0.6) is 0 Å². The summed E-state index contributed by atoms with van der Waals surface area (Å²) in [5.41, 5.74) is 3.48. The van der Waals surface area contributed by atoms with Crippen molar-refractivity contribution in [2.45, 2.75) is 25.7 Å². The second kappa shape index (κ2) is 7.88. The van der Waals surface area contributed by atoms with Gasteiger partial charge in [-0.2, -0.15) is 5.10 Å². The fraction of sp³-hybridized carbons (Fsp3) is 0.389. The molecule has 2 heterocycles. The number of carbonyl (C=O) groups is 1. The first-order valence-electron chi connectivity index (χ1n) is 8.39. The van der Waals surface area contributed by atoms with Crippen LogP contribution in [-0.4, -0.2) is 41.6 Å². The molecule has 6 nitrogen and oxygen atoms in total. The Morgan fingerprint density at radius 1 is 1.25 bits per heavy atom. The predicted octanol–water partition coefficient (Wildman–Crippen LogP) is 1.85. The van der Waals surface area contributed by atoms with Crippen molar-refractivity contribution in [1.82, 2.24) is 15.3 Å². The Bertz CT molecular complexity index is 791. The Morgan fingerprint density at radius 3 is 2.88 bits per heavy atom. The van der Waals surface area contributed by atoms with Gasteiger partial charge < -0.3 is 9.88 Å². The second-order valence-electron chi connectivity index (χ2n) is 6.09. The predicted molar refractivity (Wildman–Crippen MR) is 95.2 cm³/mol. The lowest BCUT2D eigenvalue weighted by atomic mass is 10.1. The number of nitrogens with zero attached hydrogens (tertiary/aromatic N) is 2. The molecule has 1 aliphatic heterocycles. The lowest BCUT2D eigenvalue weighted by molar-refractivity contribution is -0.121. The minimum atomic E-state index is -0.222. The molecule has 0 atom stereocenters. The number of piperidine rings is 1. The van der Waals surface area contributed by atoms with Gasteiger partial charge >= 0.3 is 0 Å². The first-order valence-corrected chi connectivity index (χ1v) is 8.39. The van der Waals surface area contributed by atoms with E-state index < -0.39 is 0 Å². The maximum absolute atomic E-state index is 12.0. The highest BCUT2D eigenvalue weighted by Crippen LogP contribution is 2.09. The summed E-state index contributed by atoms with van der Waals surface area (Å²) in [6.45, 7) is 2.91. The number of pyridine rings is 1. The molecule has 6 heteroatoms. The van der Waals surface area contributed by atoms with Crippen LogP contribution in [0.4, 0.5) is 0 Å². The van der Waals surface area contributed by atoms with Gasteiger partial charge in [0.05, 0.1) is 11.8 Å². The average molecular weight is 326 g/mol. The number of hydrogen-bond donors (Lipinski definition) is 2. The van der Waals surface area contributed by atoms with E-state index in [0.717, 1.165) is 30.5 Å². The Hall–Kier alpha value is -2.47. The van der Waals surface area contributed by atoms with E-state index in [4.69, 9.17) is 0 Å². The maximum Gasteiger partial charge on any atom is 0.257 e. The molecule has 1 aliphatic rings. The van der Waals surface area contributed by atoms with Crippen LogP contribution in [0, 0.1) is 0 Å². The molecule has 0 unspecified atom stereocenters. The molecule has 0 saturated carbocycles. The molecular weight excluding hydrogens is 304 g/mol. The van der Waals surface area contributed by atoms with Crippen molar-refractivity contribution < 1.29 is 4.79 Å². The molecule has 1 amide bonds. The van der Waals surface area contributed by atoms with Crippen LogP contribution >= 0.6 is 0 Å². The number of benzene rings is 1. The molecule has 1 aromatic heterocycles. The molecule has 1 aromatic carbocycles. The van der Waals surface area contributed by atoms with E-state index in [2.05, 4.69) is 20.4 Å². The number of amides is 1. The number of hydrogen-bond acceptors (Lipinski definition) is 4. The summed E-state index contributed by atoms with van der Waals surface area (Å²) in [5, 5.41) is 4.84. The van der Waals surface area contributed by atoms with E-state index in [1.807, 2.05) is 24.3 Å². The topological polar surface area (TPSA) is 77.6 Å². The van der Waals surface area contributed by atoms with E-state index in [1.54, 1.807) is 6.07 Å². The van der Waals surface area contributed by atoms with Crippen LogP contribution < -0.4 is 11.0 Å². The smallest absolute Gasteiger partial charge is 0.257 e. The highest BCUT2D eigenvalue weighted by molar-refractivity contribution is 5.88. The van der Waals surface area contributed by atoms with Crippen molar-refractivity contribution in [1.29, 1.82) is 0 Å². The Labute approximate surface area is 140 Å². The molecule has 0 radical (unpaired) electrons. The van der Waals surface area contributed by atoms with Crippen LogP contribution in [0.2, 0.25) is 0 Å². The number of H-pyrrole nitrogens is 1. The van der Waals surface area contributed by atoms with Gasteiger partial charge in [-0.05, 0) is 43.5 Å². The summed E-state index contributed by atoms with van der Waals surface area (Å²) in [6.07, 6.45) is 5.53. The molecule has 2 aromatic rings. The van der Waals surface area contributed by atoms with Crippen molar-refractivity contribution in [2.75, 3.05) is 19.6 Å². The number of para-hydroxylation sites is 1. The zero-order valence-corrected chi connectivity index (χ0v) is 13.6. The van der Waals surface area contributed by atoms with Crippen molar-refractivity contribution >= 4 is 23.0 Å². The van der Waals surface area contributed by atoms with Crippen molar-refractivity contribution in [2.24, 2.45) is 5.10 Å². The summed E-state index contributed by atoms with van der Waals surface area (Å²) in [4.78, 5) is 28.9. The molecule has 1 saturated heterocycles. The fourth-order valence-electron chi connectivity index (χ4n) is 2.93. The molecule has 126 valence electrons. The zero-order chi connectivity index (χ0) is 16.8. The lowest BCUT2D eigenvalue weighted by Crippen LogP contribution is -2.33. The van der Waals surface area contributed by atoms with Gasteiger partial charge in [-0.25, -0.2) is 5.43 Å². The quantitative estimate of drug-likeness (QED) is 0.650. The average Bonchev–Trinajstić information content (AvgIpc) is 2.61. The van der Waals surface area contributed by atoms with Crippen LogP contribution in [-0.2, 0) is 4.79 Å². The van der Waals surface area contributed by atoms with Crippen LogP contribution in [0.15, 0.2) is 40.2 Å². The number of fused-ring (bicyclic) bond motifs is 1. The van der Waals surface area contributed by atoms with E-state index in [-0.39, 0.29) is 11.5 Å². The van der Waals surface area contributed by atoms with Gasteiger partial charge in [0, 0.05) is 18.5 Å². The third-order valence-electron chi connectivity index (χ3n) is 4.28. The number of likely N-dealkylation sites (tertiary alicyclic amines) is 1. The Kier molecular flexibility index (Phi) is 5.38. The standard InChI is InChI=1S/C18H22N4O2/c23-17(8-11-22-9-4-1-5-10-22)21-19-13-15-12-14-6-2-3-7-16(14)20-18(15)24/h2-3,6-7,12-13H,1,4-5,8-11H2,(H,20,24)(H,21,23)/b19-13+. The van der Waals surface area contributed by atoms with Crippen LogP contribution in [0.1, 0.15) is 31.2 Å². The van der Waals surface area contributed by atoms with Crippen molar-refractivity contribution in [3.05, 3.63) is 46.2 Å². The number of aromatic amines is 1. The third kappa shape index (κ3) is 4.29. The number of carbonyl (C=O) groups excluding carboxylic acids is 1. The van der Waals surface area contributed by atoms with Gasteiger partial charge in [-0.1, -0.05) is 24.6 Å². The van der Waals surface area contributed by atoms with Gasteiger partial charge in [-0.15, -0.1) is 0 Å². The van der Waals surface area contributed by atoms with Crippen molar-refractivity contribution in [3.8, 4) is 0 Å². The Morgan fingerprint density at radius 2 is 2.04 bits per heavy atom. The SMILES string of the molecule is O=C(CCN1CCCCC1)N/N=C/c1cc2ccccc2[nH]c1=O. The molecule has 0 aliphatic carbocycles. The summed E-state index contributed by atoms with van der Waals surface area (Å²) in [7, 11) is 0. The van der Waals surface area contributed by atoms with E-state index in [1.165, 1.54) is 25.5 Å². The van der Waals surface area contributed by atoms with Gasteiger partial charge in [0.25, 0.3) is 5.56 Å². The van der Waals surface area contributed by atoms with E-state index in [9.17, 15) is 9.59 Å². The summed E-state index contributed by atoms with van der Waals surface area (Å²) in [5.74, 6) is -0.131. The van der Waals surface area contributed by atoms with E-state index >= 15 is 0 Å². The van der Waals surface area contributed by atoms with Gasteiger partial charge in [0.2, 0.25) is 5.91 Å². The molecule has 24 heavy (non-hydrogen) atoms. The molecule has 1 fully saturated rings. The highest BCUT2D eigenvalue weighted by atomic mass is 16.2. The second-order valence-corrected chi connectivity index (χ2v) is 6.09. The summed E-state index contributed by atoms with van der Waals surface area (Å²) in [6, 6.07) is 9.30. The first kappa shape index (κ1) is 16.4. The fourth-order valence-corrected chi connectivity index (χ4v) is 2.93. The molecular formula is C18H22N4O2. The van der Waals surface area contributed by atoms with Crippen LogP contribution in [0.25, 0.3) is 10.9 Å². The zero-order valence-electron chi connectivity index (χ0n) is 13.6. The molecule has 0 bridgehead atoms. The minimum Gasteiger partial charge on any atom is -0.321 e. The van der Waals surface area contributed by atoms with Gasteiger partial charge in [0.1, 0.15) is 0 Å². The number of aromatic nitrogens is 1. The summed E-state index contributed by atoms with van der Waals surface area (Å²) >= 11 is 0. The van der Waals surface area contributed by atoms with Crippen LogP contribution in [0.3, 0.4) is 0 Å². The number of rotatable bonds is 5. The highest BCUT2D eigenvalue weighted by Gasteiger charge is 2.11. The lowest BCUT2D eigenvalue weighted by Gasteiger charge is -2.25. The maximum atomic E-state index is 12.0. The largest absolute Gasteiger partial charge is 0.321 e. The normalized spacial score (nSPS) is 15.8. The summed E-state index contributed by atoms with van der Waals surface area (Å²) < 4.78 is 0. The van der Waals surface area contributed by atoms with Crippen molar-refractivity contribution in [3.63, 3.8) is 0 Å². The molecule has 0 spiro atoms.